The van der Waals surface area contributed by atoms with Gasteiger partial charge >= 0.3 is 5.97 Å². The Morgan fingerprint density at radius 1 is 0.972 bits per heavy atom. The Morgan fingerprint density at radius 2 is 1.67 bits per heavy atom. The Morgan fingerprint density at radius 3 is 2.28 bits per heavy atom. The lowest BCUT2D eigenvalue weighted by Gasteiger charge is -2.73. The van der Waals surface area contributed by atoms with Gasteiger partial charge in [-0.3, -0.25) is 4.79 Å². The summed E-state index contributed by atoms with van der Waals surface area (Å²) in [5.74, 6) is 1.82. The highest BCUT2D eigenvalue weighted by molar-refractivity contribution is 5.78. The van der Waals surface area contributed by atoms with Crippen LogP contribution in [0.1, 0.15) is 92.4 Å². The molecule has 0 bridgehead atoms. The number of ether oxygens (including phenoxy) is 1. The van der Waals surface area contributed by atoms with Crippen molar-refractivity contribution in [1.82, 2.24) is 0 Å². The molecule has 36 heavy (non-hydrogen) atoms. The maximum atomic E-state index is 13.4. The molecule has 0 amide bonds. The minimum absolute atomic E-state index is 0.0111. The molecule has 0 spiro atoms. The molecule has 4 nitrogen and oxygen atoms in total. The largest absolute Gasteiger partial charge is 0.469 e. The third kappa shape index (κ3) is 2.98. The minimum atomic E-state index is -0.679. The Bertz CT molecular complexity index is 954. The molecular formula is C32H50O4. The number of esters is 1. The highest BCUT2D eigenvalue weighted by Crippen LogP contribution is 2.78. The second-order valence-corrected chi connectivity index (χ2v) is 14.7. The van der Waals surface area contributed by atoms with Crippen molar-refractivity contribution in [3.8, 4) is 0 Å². The third-order valence-electron chi connectivity index (χ3n) is 13.5. The van der Waals surface area contributed by atoms with E-state index >= 15 is 0 Å². The van der Waals surface area contributed by atoms with Gasteiger partial charge in [-0.1, -0.05) is 45.9 Å². The van der Waals surface area contributed by atoms with Crippen molar-refractivity contribution < 1.29 is 19.7 Å². The van der Waals surface area contributed by atoms with Crippen LogP contribution in [0.3, 0.4) is 0 Å². The van der Waals surface area contributed by atoms with Gasteiger partial charge in [0.15, 0.2) is 0 Å². The summed E-state index contributed by atoms with van der Waals surface area (Å²) in [6.45, 7) is 20.3. The molecule has 5 aliphatic rings. The summed E-state index contributed by atoms with van der Waals surface area (Å²) < 4.78 is 5.49. The van der Waals surface area contributed by atoms with Crippen LogP contribution >= 0.6 is 0 Å². The summed E-state index contributed by atoms with van der Waals surface area (Å²) in [6.07, 6.45) is 9.79. The van der Waals surface area contributed by atoms with Gasteiger partial charge in [0.25, 0.3) is 0 Å². The first-order chi connectivity index (χ1) is 16.8. The Kier molecular flexibility index (Phi) is 6.02. The normalized spacial score (nSPS) is 53.3. The first-order valence-corrected chi connectivity index (χ1v) is 14.5. The van der Waals surface area contributed by atoms with Crippen molar-refractivity contribution in [2.24, 2.45) is 56.7 Å². The van der Waals surface area contributed by atoms with E-state index in [0.717, 1.165) is 51.4 Å². The molecule has 5 saturated carbocycles. The van der Waals surface area contributed by atoms with E-state index in [1.54, 1.807) is 7.11 Å². The Hall–Kier alpha value is -1.13. The van der Waals surface area contributed by atoms with Gasteiger partial charge in [-0.25, -0.2) is 0 Å². The van der Waals surface area contributed by atoms with Gasteiger partial charge in [0, 0.05) is 0 Å². The summed E-state index contributed by atoms with van der Waals surface area (Å²) in [4.78, 5) is 13.4. The lowest BCUT2D eigenvalue weighted by molar-refractivity contribution is -0.256. The van der Waals surface area contributed by atoms with E-state index in [4.69, 9.17) is 4.74 Å². The Balaban J connectivity index is 1.61. The fraction of sp³-hybridized carbons (Fsp3) is 0.844. The van der Waals surface area contributed by atoms with Crippen molar-refractivity contribution in [3.05, 3.63) is 24.8 Å². The van der Waals surface area contributed by atoms with Gasteiger partial charge in [-0.05, 0) is 116 Å². The highest BCUT2D eigenvalue weighted by Gasteiger charge is 2.73. The average Bonchev–Trinajstić information content (AvgIpc) is 3.23. The van der Waals surface area contributed by atoms with Crippen LogP contribution in [0.25, 0.3) is 0 Å². The molecule has 11 atom stereocenters. The van der Waals surface area contributed by atoms with Gasteiger partial charge in [0.1, 0.15) is 0 Å². The van der Waals surface area contributed by atoms with E-state index in [-0.39, 0.29) is 33.5 Å². The summed E-state index contributed by atoms with van der Waals surface area (Å²) >= 11 is 0. The maximum Gasteiger partial charge on any atom is 0.312 e. The van der Waals surface area contributed by atoms with Gasteiger partial charge in [-0.15, -0.1) is 6.58 Å². The zero-order valence-corrected chi connectivity index (χ0v) is 23.6. The number of carbonyl (C=O) groups excluding carboxylic acids is 1. The summed E-state index contributed by atoms with van der Waals surface area (Å²) in [7, 11) is 1.56. The fourth-order valence-electron chi connectivity index (χ4n) is 12.0. The van der Waals surface area contributed by atoms with Crippen molar-refractivity contribution in [1.29, 1.82) is 0 Å². The zero-order valence-electron chi connectivity index (χ0n) is 23.6. The number of fused-ring (bicyclic) bond motifs is 7. The quantitative estimate of drug-likeness (QED) is 0.353. The number of aliphatic hydroxyl groups excluding tert-OH is 2. The molecule has 5 rings (SSSR count). The van der Waals surface area contributed by atoms with E-state index in [0.29, 0.717) is 30.1 Å². The smallest absolute Gasteiger partial charge is 0.312 e. The van der Waals surface area contributed by atoms with Crippen LogP contribution in [0.4, 0.5) is 0 Å². The average molecular weight is 499 g/mol. The second-order valence-electron chi connectivity index (χ2n) is 14.7. The predicted octanol–water partition coefficient (Wildman–Crippen LogP) is 6.31. The van der Waals surface area contributed by atoms with Crippen LogP contribution in [0.5, 0.6) is 0 Å². The van der Waals surface area contributed by atoms with Crippen molar-refractivity contribution in [2.45, 2.75) is 105 Å². The summed E-state index contributed by atoms with van der Waals surface area (Å²) in [6, 6.07) is 0. The number of hydrogen-bond acceptors (Lipinski definition) is 4. The Labute approximate surface area is 219 Å². The van der Waals surface area contributed by atoms with Crippen LogP contribution in [-0.2, 0) is 9.53 Å². The van der Waals surface area contributed by atoms with E-state index < -0.39 is 17.6 Å². The molecular weight excluding hydrogens is 448 g/mol. The molecule has 0 radical (unpaired) electrons. The minimum Gasteiger partial charge on any atom is -0.469 e. The van der Waals surface area contributed by atoms with E-state index in [2.05, 4.69) is 53.9 Å². The molecule has 4 heteroatoms. The van der Waals surface area contributed by atoms with Crippen LogP contribution in [0, 0.1) is 56.7 Å². The van der Waals surface area contributed by atoms with Crippen molar-refractivity contribution >= 4 is 5.97 Å². The number of rotatable bonds is 3. The van der Waals surface area contributed by atoms with Gasteiger partial charge < -0.3 is 14.9 Å². The maximum absolute atomic E-state index is 13.4. The van der Waals surface area contributed by atoms with E-state index in [9.17, 15) is 15.0 Å². The zero-order chi connectivity index (χ0) is 26.5. The molecule has 11 unspecified atom stereocenters. The first-order valence-electron chi connectivity index (χ1n) is 14.5. The van der Waals surface area contributed by atoms with Crippen LogP contribution < -0.4 is 0 Å². The molecule has 0 aromatic heterocycles. The summed E-state index contributed by atoms with van der Waals surface area (Å²) in [5, 5.41) is 22.0. The molecule has 0 heterocycles. The highest BCUT2D eigenvalue weighted by atomic mass is 16.5. The second kappa shape index (κ2) is 8.18. The van der Waals surface area contributed by atoms with E-state index in [1.165, 1.54) is 5.57 Å². The molecule has 0 aromatic rings. The van der Waals surface area contributed by atoms with Gasteiger partial charge in [0.05, 0.1) is 24.7 Å². The predicted molar refractivity (Wildman–Crippen MR) is 143 cm³/mol. The summed E-state index contributed by atoms with van der Waals surface area (Å²) in [5.41, 5.74) is 0.471. The van der Waals surface area contributed by atoms with Gasteiger partial charge in [-0.2, -0.15) is 0 Å². The van der Waals surface area contributed by atoms with Crippen LogP contribution in [0.2, 0.25) is 0 Å². The van der Waals surface area contributed by atoms with Crippen molar-refractivity contribution in [2.75, 3.05) is 7.11 Å². The lowest BCUT2D eigenvalue weighted by atomic mass is 9.31. The number of methoxy groups -OCH3 is 1. The standard InChI is InChI=1S/C32H50O4/c1-9-32-17-16-31(27(35)36-8)15-12-20(19(2)3)25(31)21(32)10-11-24-29(6)18-22(33)26(34)28(4,5)23(29)13-14-30(24,32)7/h9,20-26,33-34H,1-2,10-18H2,3-8H3. The topological polar surface area (TPSA) is 66.8 Å². The molecule has 0 saturated heterocycles. The molecule has 0 aromatic carbocycles. The number of allylic oxidation sites excluding steroid dienone is 2. The van der Waals surface area contributed by atoms with E-state index in [1.807, 2.05) is 0 Å². The van der Waals surface area contributed by atoms with Gasteiger partial charge in [0.2, 0.25) is 0 Å². The van der Waals surface area contributed by atoms with Crippen molar-refractivity contribution in [3.63, 3.8) is 0 Å². The molecule has 5 aliphatic carbocycles. The monoisotopic (exact) mass is 498 g/mol. The first kappa shape index (κ1) is 26.5. The molecule has 5 fully saturated rings. The van der Waals surface area contributed by atoms with Crippen LogP contribution in [0.15, 0.2) is 24.8 Å². The molecule has 202 valence electrons. The SMILES string of the molecule is C=CC12CCC3(C(=O)OC)CCC(C(=C)C)C3C1CCC1C3(C)CC(O)C(O)C(C)(C)C3CCC12C. The number of carbonyl (C=O) groups is 1. The number of aliphatic hydroxyl groups is 2. The lowest BCUT2D eigenvalue weighted by Crippen LogP contribution is -2.68. The third-order valence-corrected chi connectivity index (χ3v) is 13.5. The molecule has 0 aliphatic heterocycles. The fourth-order valence-corrected chi connectivity index (χ4v) is 12.0. The number of hydrogen-bond donors (Lipinski definition) is 2. The van der Waals surface area contributed by atoms with Crippen LogP contribution in [-0.4, -0.2) is 35.5 Å². The molecule has 2 N–H and O–H groups in total.